The van der Waals surface area contributed by atoms with Gasteiger partial charge in [-0.25, -0.2) is 5.01 Å². The van der Waals surface area contributed by atoms with Crippen molar-refractivity contribution in [3.63, 3.8) is 0 Å². The third-order valence-corrected chi connectivity index (χ3v) is 6.10. The molecule has 42 heavy (non-hydrogen) atoms. The van der Waals surface area contributed by atoms with Gasteiger partial charge in [-0.3, -0.25) is 24.0 Å². The maximum Gasteiger partial charge on any atom is 0.303 e. The second kappa shape index (κ2) is 13.5. The van der Waals surface area contributed by atoms with Gasteiger partial charge in [-0.05, 0) is 43.8 Å². The summed E-state index contributed by atoms with van der Waals surface area (Å²) in [5, 5.41) is 5.47. The van der Waals surface area contributed by atoms with E-state index in [4.69, 9.17) is 46.1 Å². The molecule has 1 aromatic heterocycles. The van der Waals surface area contributed by atoms with E-state index in [1.54, 1.807) is 18.2 Å². The third-order valence-electron chi connectivity index (χ3n) is 5.92. The molecule has 0 aliphatic carbocycles. The number of fused-ring (bicyclic) bond motifs is 1. The molecule has 226 valence electrons. The van der Waals surface area contributed by atoms with Crippen molar-refractivity contribution in [1.29, 1.82) is 0 Å². The number of hydrogen-bond donors (Lipinski definition) is 1. The van der Waals surface area contributed by atoms with Gasteiger partial charge < -0.3 is 33.8 Å². The molecule has 1 fully saturated rings. The fourth-order valence-electron chi connectivity index (χ4n) is 4.28. The van der Waals surface area contributed by atoms with Crippen LogP contribution >= 0.6 is 12.2 Å². The predicted octanol–water partition coefficient (Wildman–Crippen LogP) is 1.39. The molecule has 1 aliphatic rings. The van der Waals surface area contributed by atoms with Gasteiger partial charge in [0, 0.05) is 33.1 Å². The Morgan fingerprint density at radius 1 is 0.905 bits per heavy atom. The summed E-state index contributed by atoms with van der Waals surface area (Å²) in [4.78, 5) is 60.6. The van der Waals surface area contributed by atoms with E-state index >= 15 is 0 Å². The van der Waals surface area contributed by atoms with Crippen molar-refractivity contribution >= 4 is 58.0 Å². The highest BCUT2D eigenvalue weighted by Gasteiger charge is 2.54. The van der Waals surface area contributed by atoms with Crippen LogP contribution in [0.5, 0.6) is 0 Å². The van der Waals surface area contributed by atoms with Crippen molar-refractivity contribution < 1.29 is 52.1 Å². The maximum absolute atomic E-state index is 12.6. The number of carbonyl (C=O) groups is 5. The third kappa shape index (κ3) is 7.88. The van der Waals surface area contributed by atoms with E-state index in [2.05, 4.69) is 5.10 Å². The molecule has 3 rings (SSSR count). The summed E-state index contributed by atoms with van der Waals surface area (Å²) in [6, 6.07) is 6.93. The number of rotatable bonds is 8. The van der Waals surface area contributed by atoms with E-state index in [0.717, 1.165) is 38.3 Å². The zero-order valence-electron chi connectivity index (χ0n) is 23.8. The zero-order chi connectivity index (χ0) is 31.3. The van der Waals surface area contributed by atoms with E-state index in [0.29, 0.717) is 11.0 Å². The van der Waals surface area contributed by atoms with Gasteiger partial charge in [0.15, 0.2) is 35.4 Å². The number of benzene rings is 1. The molecular weight excluding hydrogens is 574 g/mol. The first-order valence-corrected chi connectivity index (χ1v) is 13.1. The highest BCUT2D eigenvalue weighted by molar-refractivity contribution is 7.80. The van der Waals surface area contributed by atoms with Crippen LogP contribution in [0.3, 0.4) is 0 Å². The second-order valence-corrected chi connectivity index (χ2v) is 9.85. The van der Waals surface area contributed by atoms with Crippen molar-refractivity contribution in [1.82, 2.24) is 5.01 Å². The summed E-state index contributed by atoms with van der Waals surface area (Å²) >= 11 is 5.24. The lowest BCUT2D eigenvalue weighted by Crippen LogP contribution is -2.66. The lowest BCUT2D eigenvalue weighted by molar-refractivity contribution is -0.271. The van der Waals surface area contributed by atoms with Crippen molar-refractivity contribution in [2.75, 3.05) is 6.61 Å². The fraction of sp³-hybridized carbons (Fsp3) is 0.444. The van der Waals surface area contributed by atoms with Crippen molar-refractivity contribution in [3.05, 3.63) is 40.9 Å². The first-order chi connectivity index (χ1) is 19.7. The van der Waals surface area contributed by atoms with E-state index in [9.17, 15) is 24.0 Å². The van der Waals surface area contributed by atoms with Gasteiger partial charge in [0.05, 0.1) is 5.56 Å². The monoisotopic (exact) mass is 605 g/mol. The second-order valence-electron chi connectivity index (χ2n) is 9.44. The largest absolute Gasteiger partial charge is 0.463 e. The van der Waals surface area contributed by atoms with Crippen LogP contribution in [0.25, 0.3) is 11.0 Å². The first kappa shape index (κ1) is 32.1. The predicted molar refractivity (Wildman–Crippen MR) is 147 cm³/mol. The molecule has 2 aromatic rings. The number of nitrogens with two attached hydrogens (primary N) is 1. The molecule has 1 saturated heterocycles. The summed E-state index contributed by atoms with van der Waals surface area (Å²) in [5.41, 5.74) is 7.17. The van der Waals surface area contributed by atoms with E-state index in [1.807, 2.05) is 13.0 Å². The molecule has 0 saturated carbocycles. The average Bonchev–Trinajstić information content (AvgIpc) is 2.87. The number of hydrogen-bond acceptors (Lipinski definition) is 13. The Labute approximate surface area is 245 Å². The molecule has 0 bridgehead atoms. The molecule has 1 aliphatic heterocycles. The van der Waals surface area contributed by atoms with Crippen LogP contribution in [0.15, 0.2) is 33.8 Å². The number of thiocarbonyl (C=S) groups is 1. The molecule has 2 N–H and O–H groups in total. The summed E-state index contributed by atoms with van der Waals surface area (Å²) < 4.78 is 33.5. The van der Waals surface area contributed by atoms with Crippen molar-refractivity contribution in [3.8, 4) is 0 Å². The van der Waals surface area contributed by atoms with Crippen LogP contribution in [0.4, 0.5) is 0 Å². The minimum Gasteiger partial charge on any atom is -0.463 e. The number of esters is 4. The molecule has 14 nitrogen and oxygen atoms in total. The Hall–Kier alpha value is -4.37. The van der Waals surface area contributed by atoms with Crippen molar-refractivity contribution in [2.45, 2.75) is 72.2 Å². The van der Waals surface area contributed by atoms with E-state index in [-0.39, 0.29) is 11.1 Å². The minimum atomic E-state index is -1.55. The number of aryl methyl sites for hydroxylation is 1. The van der Waals surface area contributed by atoms with Crippen LogP contribution in [-0.4, -0.2) is 77.0 Å². The van der Waals surface area contributed by atoms with Crippen LogP contribution in [0.1, 0.15) is 50.5 Å². The highest BCUT2D eigenvalue weighted by Crippen LogP contribution is 2.31. The molecular formula is C27H31N3O11S. The first-order valence-electron chi connectivity index (χ1n) is 12.7. The van der Waals surface area contributed by atoms with Gasteiger partial charge in [0.25, 0.3) is 0 Å². The van der Waals surface area contributed by atoms with Gasteiger partial charge in [-0.1, -0.05) is 12.1 Å². The molecule has 0 spiro atoms. The van der Waals surface area contributed by atoms with Crippen molar-refractivity contribution in [2.24, 2.45) is 10.8 Å². The quantitative estimate of drug-likeness (QED) is 0.149. The SMILES string of the molecule is CC(=O)OC[C@H]1O[C@@H](N(N=c2oc3cc(C)ccc3cc2C(C)=O)C(N)=S)[C@H](OC(C)=O)[C@@H](OC(C)=O)[C@H]1OC(C)=O. The van der Waals surface area contributed by atoms with Crippen LogP contribution in [0.2, 0.25) is 0 Å². The number of nitrogens with zero attached hydrogens (tertiary/aromatic N) is 2. The number of carbonyl (C=O) groups excluding carboxylic acids is 5. The van der Waals surface area contributed by atoms with E-state index < -0.39 is 72.0 Å². The lowest BCUT2D eigenvalue weighted by atomic mass is 9.97. The zero-order valence-corrected chi connectivity index (χ0v) is 24.6. The fourth-order valence-corrected chi connectivity index (χ4v) is 4.43. The number of ether oxygens (including phenoxy) is 5. The van der Waals surface area contributed by atoms with E-state index in [1.165, 1.54) is 6.92 Å². The summed E-state index contributed by atoms with van der Waals surface area (Å²) in [6.07, 6.45) is -7.27. The smallest absolute Gasteiger partial charge is 0.303 e. The molecule has 1 aromatic carbocycles. The topological polar surface area (TPSA) is 186 Å². The highest BCUT2D eigenvalue weighted by atomic mass is 32.1. The van der Waals surface area contributed by atoms with Gasteiger partial charge in [-0.2, -0.15) is 0 Å². The van der Waals surface area contributed by atoms with Gasteiger partial charge in [-0.15, -0.1) is 5.10 Å². The Morgan fingerprint density at radius 3 is 2.05 bits per heavy atom. The lowest BCUT2D eigenvalue weighted by Gasteiger charge is -2.46. The molecule has 0 amide bonds. The number of Topliss-reactive ketones (excluding diaryl/α,β-unsaturated/α-hetero) is 1. The molecule has 2 heterocycles. The normalized spacial score (nSPS) is 22.1. The van der Waals surface area contributed by atoms with Crippen LogP contribution < -0.4 is 11.3 Å². The summed E-state index contributed by atoms with van der Waals surface area (Å²) in [7, 11) is 0. The van der Waals surface area contributed by atoms with Gasteiger partial charge in [0.1, 0.15) is 18.3 Å². The Balaban J connectivity index is 2.26. The Morgan fingerprint density at radius 2 is 1.50 bits per heavy atom. The molecule has 0 unspecified atom stereocenters. The molecule has 5 atom stereocenters. The molecule has 0 radical (unpaired) electrons. The summed E-state index contributed by atoms with van der Waals surface area (Å²) in [5.74, 6) is -3.52. The Kier molecular flexibility index (Phi) is 10.4. The van der Waals surface area contributed by atoms with Gasteiger partial charge in [0.2, 0.25) is 5.55 Å². The summed E-state index contributed by atoms with van der Waals surface area (Å²) in [6.45, 7) is 7.11. The average molecular weight is 606 g/mol. The Bertz CT molecular complexity index is 1490. The molecule has 15 heteroatoms. The minimum absolute atomic E-state index is 0.0678. The standard InChI is InChI=1S/C27H31N3O11S/c1-12-7-8-18-10-19(13(2)31)25(40-20(18)9-12)29-30(27(28)42)26-24(39-17(6)35)23(38-16(5)34)22(37-15(4)33)21(41-26)11-36-14(3)32/h7-10,21-24,26H,11H2,1-6H3,(H2,28,42)/t21-,22+,23+,24-,26-/m1/s1. The van der Waals surface area contributed by atoms with Crippen LogP contribution in [-0.2, 0) is 42.9 Å². The van der Waals surface area contributed by atoms with Gasteiger partial charge >= 0.3 is 23.9 Å². The number of ketones is 1. The maximum atomic E-state index is 12.6. The van der Waals surface area contributed by atoms with Crippen LogP contribution in [0, 0.1) is 6.92 Å².